The molecule has 1 aromatic carbocycles. The van der Waals surface area contributed by atoms with Crippen molar-refractivity contribution in [2.24, 2.45) is 0 Å². The first-order valence-electron chi connectivity index (χ1n) is 5.23. The topological polar surface area (TPSA) is 31.4 Å². The van der Waals surface area contributed by atoms with Crippen LogP contribution in [0.2, 0.25) is 0 Å². The fourth-order valence-corrected chi connectivity index (χ4v) is 2.39. The first-order valence-corrected chi connectivity index (χ1v) is 6.11. The van der Waals surface area contributed by atoms with Gasteiger partial charge in [0.25, 0.3) is 0 Å². The van der Waals surface area contributed by atoms with Crippen molar-refractivity contribution in [2.75, 3.05) is 14.2 Å². The molecule has 0 bridgehead atoms. The van der Waals surface area contributed by atoms with E-state index < -0.39 is 23.7 Å². The van der Waals surface area contributed by atoms with Crippen molar-refractivity contribution in [3.05, 3.63) is 40.7 Å². The molecule has 19 heavy (non-hydrogen) atoms. The molecule has 1 heterocycles. The Morgan fingerprint density at radius 2 is 1.79 bits per heavy atom. The Hall–Kier alpha value is -1.44. The maximum Gasteiger partial charge on any atom is 0.201 e. The Kier molecular flexibility index (Phi) is 4.18. The molecule has 7 heteroatoms. The highest BCUT2D eigenvalue weighted by atomic mass is 32.1. The van der Waals surface area contributed by atoms with E-state index in [1.165, 1.54) is 14.2 Å². The molecule has 102 valence electrons. The number of ether oxygens (including phenoxy) is 2. The van der Waals surface area contributed by atoms with Gasteiger partial charge in [-0.25, -0.2) is 18.2 Å². The number of halogens is 3. The van der Waals surface area contributed by atoms with E-state index in [1.54, 1.807) is 5.38 Å². The molecule has 0 saturated heterocycles. The van der Waals surface area contributed by atoms with Gasteiger partial charge in [0.15, 0.2) is 17.5 Å². The van der Waals surface area contributed by atoms with Crippen molar-refractivity contribution >= 4 is 11.3 Å². The molecule has 0 saturated carbocycles. The number of rotatable bonds is 4. The summed E-state index contributed by atoms with van der Waals surface area (Å²) in [7, 11) is 2.87. The largest absolute Gasteiger partial charge is 0.350 e. The molecule has 0 fully saturated rings. The number of thiazole rings is 1. The monoisotopic (exact) mass is 289 g/mol. The summed E-state index contributed by atoms with van der Waals surface area (Å²) in [5, 5.41) is 1.83. The number of benzene rings is 1. The van der Waals surface area contributed by atoms with Crippen LogP contribution in [0.4, 0.5) is 13.2 Å². The van der Waals surface area contributed by atoms with Crippen molar-refractivity contribution in [2.45, 2.75) is 6.29 Å². The maximum atomic E-state index is 13.6. The third-order valence-corrected chi connectivity index (χ3v) is 3.35. The summed E-state index contributed by atoms with van der Waals surface area (Å²) in [5.74, 6) is -4.00. The van der Waals surface area contributed by atoms with Crippen molar-refractivity contribution in [1.82, 2.24) is 4.98 Å². The molecule has 0 aliphatic rings. The van der Waals surface area contributed by atoms with Gasteiger partial charge in [-0.05, 0) is 12.1 Å². The minimum absolute atomic E-state index is 0.0962. The van der Waals surface area contributed by atoms with Crippen LogP contribution in [-0.4, -0.2) is 19.2 Å². The van der Waals surface area contributed by atoms with Crippen LogP contribution in [0, 0.1) is 17.5 Å². The van der Waals surface area contributed by atoms with Gasteiger partial charge in [0.2, 0.25) is 6.29 Å². The highest BCUT2D eigenvalue weighted by Crippen LogP contribution is 2.30. The normalized spacial score (nSPS) is 11.3. The van der Waals surface area contributed by atoms with E-state index in [9.17, 15) is 13.2 Å². The number of nitrogens with zero attached hydrogens (tertiary/aromatic N) is 1. The quantitative estimate of drug-likeness (QED) is 0.637. The van der Waals surface area contributed by atoms with Crippen LogP contribution in [0.3, 0.4) is 0 Å². The van der Waals surface area contributed by atoms with Gasteiger partial charge in [-0.2, -0.15) is 0 Å². The Morgan fingerprint density at radius 1 is 1.11 bits per heavy atom. The van der Waals surface area contributed by atoms with E-state index in [0.29, 0.717) is 5.69 Å². The van der Waals surface area contributed by atoms with Crippen LogP contribution in [-0.2, 0) is 9.47 Å². The number of hydrogen-bond acceptors (Lipinski definition) is 4. The van der Waals surface area contributed by atoms with Gasteiger partial charge >= 0.3 is 0 Å². The van der Waals surface area contributed by atoms with Crippen LogP contribution in [0.15, 0.2) is 17.5 Å². The van der Waals surface area contributed by atoms with Crippen LogP contribution in [0.25, 0.3) is 10.6 Å². The summed E-state index contributed by atoms with van der Waals surface area (Å²) in [4.78, 5) is 4.09. The third-order valence-electron chi connectivity index (χ3n) is 2.46. The molecular formula is C12H10F3NO2S. The Bertz CT molecular complexity index is 584. The summed E-state index contributed by atoms with van der Waals surface area (Å²) < 4.78 is 49.6. The molecule has 3 nitrogen and oxygen atoms in total. The average molecular weight is 289 g/mol. The first-order chi connectivity index (χ1) is 9.08. The molecule has 1 aromatic heterocycles. The summed E-state index contributed by atoms with van der Waals surface area (Å²) in [5.41, 5.74) is 0.343. The lowest BCUT2D eigenvalue weighted by atomic mass is 10.2. The second-order valence-corrected chi connectivity index (χ2v) is 4.46. The summed E-state index contributed by atoms with van der Waals surface area (Å²) in [6, 6.07) is 2.00. The second kappa shape index (κ2) is 5.68. The Labute approximate surface area is 111 Å². The number of hydrogen-bond donors (Lipinski definition) is 0. The van der Waals surface area contributed by atoms with Crippen molar-refractivity contribution in [3.63, 3.8) is 0 Å². The zero-order valence-electron chi connectivity index (χ0n) is 10.1. The van der Waals surface area contributed by atoms with Crippen molar-refractivity contribution in [1.29, 1.82) is 0 Å². The SMILES string of the molecule is COC(OC)c1csc(-c2ccc(F)c(F)c2F)n1. The molecule has 0 atom stereocenters. The minimum atomic E-state index is -1.51. The predicted molar refractivity (Wildman–Crippen MR) is 64.2 cm³/mol. The standard InChI is InChI=1S/C12H10F3NO2S/c1-17-12(18-2)8-5-19-11(16-8)6-3-4-7(13)10(15)9(6)14/h3-5,12H,1-2H3. The van der Waals surface area contributed by atoms with E-state index in [0.717, 1.165) is 23.5 Å². The summed E-state index contributed by atoms with van der Waals surface area (Å²) in [6.45, 7) is 0. The Morgan fingerprint density at radius 3 is 2.42 bits per heavy atom. The van der Waals surface area contributed by atoms with Gasteiger partial charge in [0.1, 0.15) is 10.7 Å². The highest BCUT2D eigenvalue weighted by molar-refractivity contribution is 7.13. The molecule has 2 aromatic rings. The minimum Gasteiger partial charge on any atom is -0.350 e. The maximum absolute atomic E-state index is 13.6. The van der Waals surface area contributed by atoms with Gasteiger partial charge in [-0.1, -0.05) is 0 Å². The molecular weight excluding hydrogens is 279 g/mol. The number of aromatic nitrogens is 1. The van der Waals surface area contributed by atoms with Crippen LogP contribution >= 0.6 is 11.3 Å². The van der Waals surface area contributed by atoms with Gasteiger partial charge in [-0.3, -0.25) is 0 Å². The second-order valence-electron chi connectivity index (χ2n) is 3.60. The zero-order chi connectivity index (χ0) is 14.0. The molecule has 0 unspecified atom stereocenters. The van der Waals surface area contributed by atoms with Crippen LogP contribution in [0.1, 0.15) is 12.0 Å². The molecule has 0 radical (unpaired) electrons. The zero-order valence-corrected chi connectivity index (χ0v) is 10.9. The van der Waals surface area contributed by atoms with Crippen LogP contribution < -0.4 is 0 Å². The van der Waals surface area contributed by atoms with Gasteiger partial charge < -0.3 is 9.47 Å². The lowest BCUT2D eigenvalue weighted by Crippen LogP contribution is -2.03. The fraction of sp³-hybridized carbons (Fsp3) is 0.250. The van der Waals surface area contributed by atoms with Gasteiger partial charge in [-0.15, -0.1) is 11.3 Å². The summed E-state index contributed by atoms with van der Waals surface area (Å²) in [6.07, 6.45) is -0.682. The van der Waals surface area contributed by atoms with Crippen LogP contribution in [0.5, 0.6) is 0 Å². The fourth-order valence-electron chi connectivity index (χ4n) is 1.55. The van der Waals surface area contributed by atoms with Crippen molar-refractivity contribution in [3.8, 4) is 10.6 Å². The van der Waals surface area contributed by atoms with E-state index >= 15 is 0 Å². The van der Waals surface area contributed by atoms with E-state index in [-0.39, 0.29) is 10.6 Å². The number of methoxy groups -OCH3 is 2. The summed E-state index contributed by atoms with van der Waals surface area (Å²) >= 11 is 1.09. The molecule has 0 N–H and O–H groups in total. The highest BCUT2D eigenvalue weighted by Gasteiger charge is 2.19. The molecule has 0 aliphatic carbocycles. The van der Waals surface area contributed by atoms with E-state index in [4.69, 9.17) is 9.47 Å². The van der Waals surface area contributed by atoms with Gasteiger partial charge in [0, 0.05) is 25.2 Å². The molecule has 0 aliphatic heterocycles. The van der Waals surface area contributed by atoms with E-state index in [2.05, 4.69) is 4.98 Å². The smallest absolute Gasteiger partial charge is 0.201 e. The average Bonchev–Trinajstić information content (AvgIpc) is 2.87. The lowest BCUT2D eigenvalue weighted by molar-refractivity contribution is -0.108. The lowest BCUT2D eigenvalue weighted by Gasteiger charge is -2.09. The predicted octanol–water partition coefficient (Wildman–Crippen LogP) is 3.52. The third kappa shape index (κ3) is 2.63. The molecule has 2 rings (SSSR count). The van der Waals surface area contributed by atoms with Gasteiger partial charge in [0.05, 0.1) is 0 Å². The molecule has 0 spiro atoms. The molecule has 0 amide bonds. The van der Waals surface area contributed by atoms with E-state index in [1.807, 2.05) is 0 Å². The Balaban J connectivity index is 2.41. The van der Waals surface area contributed by atoms with Crippen molar-refractivity contribution < 1.29 is 22.6 Å². The first kappa shape index (κ1) is 14.0.